The highest BCUT2D eigenvalue weighted by Gasteiger charge is 2.22. The molecule has 0 aliphatic rings. The smallest absolute Gasteiger partial charge is 0.164 e. The molecular formula is C43H28N4O. The Balaban J connectivity index is 1.32. The topological polar surface area (TPSA) is 55.1 Å². The first-order chi connectivity index (χ1) is 23.8. The zero-order chi connectivity index (χ0) is 31.9. The summed E-state index contributed by atoms with van der Waals surface area (Å²) < 4.78 is 6.73. The fraction of sp³-hybridized carbons (Fsp3) is 0. The number of para-hydroxylation sites is 2. The number of aromatic nitrogens is 3. The molecule has 0 saturated carbocycles. The van der Waals surface area contributed by atoms with Gasteiger partial charge in [-0.15, -0.1) is 0 Å². The largest absolute Gasteiger partial charge is 0.455 e. The number of fused-ring (bicyclic) bond motifs is 5. The van der Waals surface area contributed by atoms with Crippen molar-refractivity contribution in [3.05, 3.63) is 170 Å². The molecule has 0 spiro atoms. The van der Waals surface area contributed by atoms with Gasteiger partial charge in [0.25, 0.3) is 0 Å². The molecule has 0 bridgehead atoms. The Morgan fingerprint density at radius 1 is 0.417 bits per heavy atom. The van der Waals surface area contributed by atoms with Crippen molar-refractivity contribution in [3.63, 3.8) is 0 Å². The normalized spacial score (nSPS) is 11.3. The fourth-order valence-corrected chi connectivity index (χ4v) is 6.43. The fourth-order valence-electron chi connectivity index (χ4n) is 6.43. The summed E-state index contributed by atoms with van der Waals surface area (Å²) in [7, 11) is 0. The van der Waals surface area contributed by atoms with Gasteiger partial charge in [0, 0.05) is 38.8 Å². The van der Waals surface area contributed by atoms with Crippen LogP contribution in [0.5, 0.6) is 0 Å². The van der Waals surface area contributed by atoms with E-state index >= 15 is 0 Å². The number of hydrogen-bond acceptors (Lipinski definition) is 5. The van der Waals surface area contributed by atoms with Crippen molar-refractivity contribution in [1.29, 1.82) is 0 Å². The van der Waals surface area contributed by atoms with Gasteiger partial charge >= 0.3 is 0 Å². The Hall–Kier alpha value is -6.59. The lowest BCUT2D eigenvalue weighted by atomic mass is 10.0. The molecule has 0 atom stereocenters. The van der Waals surface area contributed by atoms with Crippen LogP contribution >= 0.6 is 0 Å². The lowest BCUT2D eigenvalue weighted by Gasteiger charge is -2.26. The van der Waals surface area contributed by atoms with E-state index in [2.05, 4.69) is 89.8 Å². The van der Waals surface area contributed by atoms with Gasteiger partial charge < -0.3 is 9.32 Å². The number of furan rings is 1. The van der Waals surface area contributed by atoms with Gasteiger partial charge in [0.2, 0.25) is 0 Å². The lowest BCUT2D eigenvalue weighted by molar-refractivity contribution is 0.672. The van der Waals surface area contributed by atoms with Crippen LogP contribution in [0.1, 0.15) is 0 Å². The predicted molar refractivity (Wildman–Crippen MR) is 196 cm³/mol. The molecule has 0 saturated heterocycles. The summed E-state index contributed by atoms with van der Waals surface area (Å²) in [4.78, 5) is 17.2. The second-order valence-corrected chi connectivity index (χ2v) is 11.7. The molecule has 48 heavy (non-hydrogen) atoms. The van der Waals surface area contributed by atoms with Gasteiger partial charge in [-0.1, -0.05) is 121 Å². The van der Waals surface area contributed by atoms with Gasteiger partial charge in [-0.25, -0.2) is 15.0 Å². The van der Waals surface area contributed by atoms with Crippen molar-refractivity contribution >= 4 is 49.8 Å². The Bertz CT molecular complexity index is 2450. The molecule has 0 aliphatic carbocycles. The second kappa shape index (κ2) is 11.6. The minimum Gasteiger partial charge on any atom is -0.455 e. The Morgan fingerprint density at radius 2 is 0.917 bits per heavy atom. The van der Waals surface area contributed by atoms with E-state index in [1.165, 1.54) is 0 Å². The standard InChI is InChI=1S/C43H28N4O/c1-5-15-29(16-6-1)41-44-42(30-17-7-2-8-18-30)46-43(45-41)32-25-26-38-36(27-32)39-37(28-31-19-13-14-24-35(31)40(39)48-38)47(33-20-9-3-10-21-33)34-22-11-4-12-23-34/h1-28H. The third-order valence-corrected chi connectivity index (χ3v) is 8.67. The first kappa shape index (κ1) is 27.7. The van der Waals surface area contributed by atoms with Crippen molar-refractivity contribution in [3.8, 4) is 34.2 Å². The summed E-state index contributed by atoms with van der Waals surface area (Å²) in [5, 5.41) is 4.18. The predicted octanol–water partition coefficient (Wildman–Crippen LogP) is 11.4. The van der Waals surface area contributed by atoms with Gasteiger partial charge in [0.1, 0.15) is 11.2 Å². The van der Waals surface area contributed by atoms with Crippen LogP contribution in [0.15, 0.2) is 174 Å². The Kier molecular flexibility index (Phi) is 6.72. The van der Waals surface area contributed by atoms with Crippen LogP contribution < -0.4 is 4.90 Å². The van der Waals surface area contributed by atoms with E-state index in [-0.39, 0.29) is 0 Å². The lowest BCUT2D eigenvalue weighted by Crippen LogP contribution is -2.10. The maximum atomic E-state index is 6.73. The Morgan fingerprint density at radius 3 is 1.50 bits per heavy atom. The molecule has 0 unspecified atom stereocenters. The van der Waals surface area contributed by atoms with Crippen molar-refractivity contribution in [1.82, 2.24) is 15.0 Å². The molecule has 2 aromatic heterocycles. The number of anilines is 3. The minimum atomic E-state index is 0.601. The van der Waals surface area contributed by atoms with E-state index in [1.54, 1.807) is 0 Å². The third-order valence-electron chi connectivity index (χ3n) is 8.67. The number of nitrogens with zero attached hydrogens (tertiary/aromatic N) is 4. The average Bonchev–Trinajstić information content (AvgIpc) is 3.56. The van der Waals surface area contributed by atoms with E-state index in [4.69, 9.17) is 19.4 Å². The molecule has 0 fully saturated rings. The minimum absolute atomic E-state index is 0.601. The molecule has 7 aromatic carbocycles. The second-order valence-electron chi connectivity index (χ2n) is 11.7. The molecule has 226 valence electrons. The number of hydrogen-bond donors (Lipinski definition) is 0. The van der Waals surface area contributed by atoms with Crippen molar-refractivity contribution in [2.45, 2.75) is 0 Å². The van der Waals surface area contributed by atoms with E-state index in [0.717, 1.165) is 66.5 Å². The molecule has 0 N–H and O–H groups in total. The van der Waals surface area contributed by atoms with Crippen LogP contribution in [0.25, 0.3) is 66.9 Å². The summed E-state index contributed by atoms with van der Waals surface area (Å²) in [6, 6.07) is 58.0. The summed E-state index contributed by atoms with van der Waals surface area (Å²) in [6.45, 7) is 0. The van der Waals surface area contributed by atoms with E-state index in [9.17, 15) is 0 Å². The molecular weight excluding hydrogens is 589 g/mol. The summed E-state index contributed by atoms with van der Waals surface area (Å²) >= 11 is 0. The third kappa shape index (κ3) is 4.86. The van der Waals surface area contributed by atoms with Crippen LogP contribution in [0.3, 0.4) is 0 Å². The molecule has 0 radical (unpaired) electrons. The SMILES string of the molecule is c1ccc(-c2nc(-c3ccccc3)nc(-c3ccc4oc5c6ccccc6cc(N(c6ccccc6)c6ccccc6)c5c4c3)n2)cc1. The molecule has 0 amide bonds. The van der Waals surface area contributed by atoms with Gasteiger partial charge in [0.05, 0.1) is 11.1 Å². The molecule has 5 heteroatoms. The highest BCUT2D eigenvalue weighted by Crippen LogP contribution is 2.46. The van der Waals surface area contributed by atoms with Gasteiger partial charge in [-0.05, 0) is 53.9 Å². The van der Waals surface area contributed by atoms with E-state index in [0.29, 0.717) is 17.5 Å². The van der Waals surface area contributed by atoms with E-state index in [1.807, 2.05) is 84.9 Å². The van der Waals surface area contributed by atoms with Crippen LogP contribution in [0.2, 0.25) is 0 Å². The number of benzene rings is 7. The highest BCUT2D eigenvalue weighted by atomic mass is 16.3. The zero-order valence-corrected chi connectivity index (χ0v) is 25.9. The molecule has 9 aromatic rings. The van der Waals surface area contributed by atoms with Crippen LogP contribution in [-0.4, -0.2) is 15.0 Å². The molecule has 2 heterocycles. The van der Waals surface area contributed by atoms with Crippen molar-refractivity contribution < 1.29 is 4.42 Å². The van der Waals surface area contributed by atoms with Crippen LogP contribution in [-0.2, 0) is 0 Å². The van der Waals surface area contributed by atoms with Crippen molar-refractivity contribution in [2.24, 2.45) is 0 Å². The monoisotopic (exact) mass is 616 g/mol. The maximum absolute atomic E-state index is 6.73. The summed E-state index contributed by atoms with van der Waals surface area (Å²) in [5.41, 5.74) is 7.54. The van der Waals surface area contributed by atoms with Gasteiger partial charge in [0.15, 0.2) is 17.5 Å². The molecule has 0 aliphatic heterocycles. The van der Waals surface area contributed by atoms with Crippen molar-refractivity contribution in [2.75, 3.05) is 4.90 Å². The van der Waals surface area contributed by atoms with Crippen LogP contribution in [0, 0.1) is 0 Å². The summed E-state index contributed by atoms with van der Waals surface area (Å²) in [5.74, 6) is 1.86. The Labute approximate surface area is 277 Å². The number of rotatable bonds is 6. The molecule has 5 nitrogen and oxygen atoms in total. The zero-order valence-electron chi connectivity index (χ0n) is 25.9. The summed E-state index contributed by atoms with van der Waals surface area (Å²) in [6.07, 6.45) is 0. The first-order valence-electron chi connectivity index (χ1n) is 16.0. The van der Waals surface area contributed by atoms with Crippen LogP contribution in [0.4, 0.5) is 17.1 Å². The average molecular weight is 617 g/mol. The molecule has 9 rings (SSSR count). The van der Waals surface area contributed by atoms with E-state index < -0.39 is 0 Å². The van der Waals surface area contributed by atoms with Gasteiger partial charge in [-0.3, -0.25) is 0 Å². The first-order valence-corrected chi connectivity index (χ1v) is 16.0. The maximum Gasteiger partial charge on any atom is 0.164 e. The highest BCUT2D eigenvalue weighted by molar-refractivity contribution is 6.22. The van der Waals surface area contributed by atoms with Gasteiger partial charge in [-0.2, -0.15) is 0 Å². The quantitative estimate of drug-likeness (QED) is 0.186.